The number of sulfonamides is 1. The lowest BCUT2D eigenvalue weighted by atomic mass is 10.3. The number of primary sulfonamides is 1. The van der Waals surface area contributed by atoms with Gasteiger partial charge in [-0.25, -0.2) is 13.6 Å². The number of rotatable bonds is 1. The Bertz CT molecular complexity index is 486. The van der Waals surface area contributed by atoms with Crippen LogP contribution in [0.5, 0.6) is 0 Å². The number of hydrogen-bond donors (Lipinski definition) is 1. The topological polar surface area (TPSA) is 73.1 Å². The minimum absolute atomic E-state index is 0.113. The highest BCUT2D eigenvalue weighted by molar-refractivity contribution is 14.1. The van der Waals surface area contributed by atoms with Crippen LogP contribution in [0.1, 0.15) is 5.69 Å². The molecule has 0 amide bonds. The lowest BCUT2D eigenvalue weighted by Crippen LogP contribution is -2.16. The summed E-state index contributed by atoms with van der Waals surface area (Å²) in [6.07, 6.45) is -4.00. The van der Waals surface area contributed by atoms with Crippen LogP contribution in [-0.2, 0) is 16.2 Å². The molecule has 9 heteroatoms. The van der Waals surface area contributed by atoms with Gasteiger partial charge in [-0.1, -0.05) is 0 Å². The lowest BCUT2D eigenvalue weighted by Gasteiger charge is -2.07. The molecule has 1 aromatic heterocycles. The maximum Gasteiger partial charge on any atom is 0.433 e. The van der Waals surface area contributed by atoms with Crippen LogP contribution < -0.4 is 5.14 Å². The second-order valence-corrected chi connectivity index (χ2v) is 5.23. The second kappa shape index (κ2) is 3.87. The molecular weight excluding hydrogens is 348 g/mol. The summed E-state index contributed by atoms with van der Waals surface area (Å²) in [5.41, 5.74) is -1.15. The Labute approximate surface area is 96.9 Å². The van der Waals surface area contributed by atoms with Crippen LogP contribution >= 0.6 is 22.6 Å². The predicted octanol–water partition coefficient (Wildman–Crippen LogP) is 1.35. The summed E-state index contributed by atoms with van der Waals surface area (Å²) in [5, 5.41) is 4.76. The van der Waals surface area contributed by atoms with Gasteiger partial charge in [0.05, 0.1) is 0 Å². The van der Waals surface area contributed by atoms with Gasteiger partial charge in [-0.05, 0) is 28.7 Å². The number of alkyl halides is 3. The summed E-state index contributed by atoms with van der Waals surface area (Å²) in [6, 6.07) is 0.625. The summed E-state index contributed by atoms with van der Waals surface area (Å²) in [6.45, 7) is 0. The summed E-state index contributed by atoms with van der Waals surface area (Å²) in [5.74, 6) is 0. The van der Waals surface area contributed by atoms with Crippen LogP contribution in [0.25, 0.3) is 0 Å². The lowest BCUT2D eigenvalue weighted by molar-refractivity contribution is -0.141. The zero-order valence-electron chi connectivity index (χ0n) is 6.92. The molecule has 0 aliphatic carbocycles. The molecule has 0 fully saturated rings. The minimum Gasteiger partial charge on any atom is -0.250 e. The van der Waals surface area contributed by atoms with E-state index in [-0.39, 0.29) is 3.57 Å². The van der Waals surface area contributed by atoms with E-state index in [0.717, 1.165) is 0 Å². The molecule has 84 valence electrons. The van der Waals surface area contributed by atoms with Crippen molar-refractivity contribution in [3.05, 3.63) is 21.5 Å². The van der Waals surface area contributed by atoms with Crippen LogP contribution in [0.15, 0.2) is 17.2 Å². The fourth-order valence-corrected chi connectivity index (χ4v) is 2.67. The van der Waals surface area contributed by atoms with E-state index in [1.807, 2.05) is 0 Å². The van der Waals surface area contributed by atoms with Gasteiger partial charge in [0, 0.05) is 9.77 Å². The molecule has 0 unspecified atom stereocenters. The molecule has 0 bridgehead atoms. The van der Waals surface area contributed by atoms with E-state index < -0.39 is 26.8 Å². The van der Waals surface area contributed by atoms with E-state index in [2.05, 4.69) is 4.98 Å². The van der Waals surface area contributed by atoms with E-state index in [0.29, 0.717) is 12.3 Å². The SMILES string of the molecule is NS(=O)(=O)c1cnc(C(F)(F)F)cc1I. The van der Waals surface area contributed by atoms with Crippen LogP contribution in [0, 0.1) is 3.57 Å². The van der Waals surface area contributed by atoms with Gasteiger partial charge in [0.15, 0.2) is 0 Å². The van der Waals surface area contributed by atoms with E-state index in [1.165, 1.54) is 22.6 Å². The molecular formula is C6H4F3IN2O2S. The third-order valence-corrected chi connectivity index (χ3v) is 3.61. The number of nitrogens with zero attached hydrogens (tertiary/aromatic N) is 1. The average Bonchev–Trinajstić information content (AvgIpc) is 1.99. The number of nitrogens with two attached hydrogens (primary N) is 1. The number of halogens is 4. The van der Waals surface area contributed by atoms with Gasteiger partial charge in [0.2, 0.25) is 10.0 Å². The van der Waals surface area contributed by atoms with Gasteiger partial charge in [-0.15, -0.1) is 0 Å². The van der Waals surface area contributed by atoms with Crippen molar-refractivity contribution in [2.24, 2.45) is 5.14 Å². The van der Waals surface area contributed by atoms with Crippen LogP contribution in [0.4, 0.5) is 13.2 Å². The maximum atomic E-state index is 12.1. The first-order chi connectivity index (χ1) is 6.62. The maximum absolute atomic E-state index is 12.1. The first-order valence-electron chi connectivity index (χ1n) is 3.38. The third kappa shape index (κ3) is 3.01. The molecule has 2 N–H and O–H groups in total. The van der Waals surface area contributed by atoms with E-state index in [1.54, 1.807) is 0 Å². The Balaban J connectivity index is 3.34. The summed E-state index contributed by atoms with van der Waals surface area (Å²) >= 11 is 1.45. The van der Waals surface area contributed by atoms with E-state index in [4.69, 9.17) is 5.14 Å². The van der Waals surface area contributed by atoms with Crippen molar-refractivity contribution in [1.29, 1.82) is 0 Å². The monoisotopic (exact) mass is 352 g/mol. The largest absolute Gasteiger partial charge is 0.433 e. The van der Waals surface area contributed by atoms with Crippen molar-refractivity contribution in [2.45, 2.75) is 11.1 Å². The van der Waals surface area contributed by atoms with Crippen LogP contribution in [0.3, 0.4) is 0 Å². The normalized spacial score (nSPS) is 12.9. The molecule has 0 radical (unpaired) electrons. The number of aromatic nitrogens is 1. The Morgan fingerprint density at radius 3 is 2.27 bits per heavy atom. The fourth-order valence-electron chi connectivity index (χ4n) is 0.783. The fraction of sp³-hybridized carbons (Fsp3) is 0.167. The van der Waals surface area contributed by atoms with Crippen molar-refractivity contribution < 1.29 is 21.6 Å². The van der Waals surface area contributed by atoms with Gasteiger partial charge < -0.3 is 0 Å². The second-order valence-electron chi connectivity index (χ2n) is 2.54. The molecule has 4 nitrogen and oxygen atoms in total. The molecule has 1 aromatic rings. The molecule has 1 rings (SSSR count). The molecule has 0 aliphatic heterocycles. The van der Waals surface area contributed by atoms with Crippen LogP contribution in [-0.4, -0.2) is 13.4 Å². The zero-order valence-corrected chi connectivity index (χ0v) is 9.89. The first kappa shape index (κ1) is 12.6. The highest BCUT2D eigenvalue weighted by Gasteiger charge is 2.33. The third-order valence-electron chi connectivity index (χ3n) is 1.42. The number of hydrogen-bond acceptors (Lipinski definition) is 3. The molecule has 0 spiro atoms. The smallest absolute Gasteiger partial charge is 0.250 e. The molecule has 0 atom stereocenters. The van der Waals surface area contributed by atoms with Crippen molar-refractivity contribution in [1.82, 2.24) is 4.98 Å². The molecule has 0 aromatic carbocycles. The van der Waals surface area contributed by atoms with Gasteiger partial charge >= 0.3 is 6.18 Å². The Hall–Kier alpha value is -0.420. The highest BCUT2D eigenvalue weighted by Crippen LogP contribution is 2.29. The van der Waals surface area contributed by atoms with Crippen molar-refractivity contribution >= 4 is 32.6 Å². The van der Waals surface area contributed by atoms with Gasteiger partial charge in [0.1, 0.15) is 10.6 Å². The summed E-state index contributed by atoms with van der Waals surface area (Å²) in [4.78, 5) is 2.57. The van der Waals surface area contributed by atoms with Gasteiger partial charge in [0.25, 0.3) is 0 Å². The standard InChI is InChI=1S/C6H4F3IN2O2S/c7-6(8,9)5-1-3(10)4(2-12-5)15(11,13)14/h1-2H,(H2,11,13,14). The Morgan fingerprint density at radius 1 is 1.40 bits per heavy atom. The average molecular weight is 352 g/mol. The minimum atomic E-state index is -4.60. The van der Waals surface area contributed by atoms with Crippen molar-refractivity contribution in [2.75, 3.05) is 0 Å². The molecule has 0 saturated carbocycles. The van der Waals surface area contributed by atoms with Crippen molar-refractivity contribution in [3.8, 4) is 0 Å². The molecule has 1 heterocycles. The zero-order chi connectivity index (χ0) is 11.9. The van der Waals surface area contributed by atoms with Crippen molar-refractivity contribution in [3.63, 3.8) is 0 Å². The first-order valence-corrected chi connectivity index (χ1v) is 6.00. The van der Waals surface area contributed by atoms with E-state index >= 15 is 0 Å². The quantitative estimate of drug-likeness (QED) is 0.776. The predicted molar refractivity (Wildman–Crippen MR) is 53.3 cm³/mol. The highest BCUT2D eigenvalue weighted by atomic mass is 127. The summed E-state index contributed by atoms with van der Waals surface area (Å²) < 4.78 is 58.1. The van der Waals surface area contributed by atoms with E-state index in [9.17, 15) is 21.6 Å². The molecule has 15 heavy (non-hydrogen) atoms. The van der Waals surface area contributed by atoms with Gasteiger partial charge in [-0.2, -0.15) is 13.2 Å². The number of pyridine rings is 1. The Morgan fingerprint density at radius 2 is 1.93 bits per heavy atom. The summed E-state index contributed by atoms with van der Waals surface area (Å²) in [7, 11) is -4.03. The van der Waals surface area contributed by atoms with Crippen LogP contribution in [0.2, 0.25) is 0 Å². The molecule has 0 saturated heterocycles. The molecule has 0 aliphatic rings. The Kier molecular flexibility index (Phi) is 3.26. The van der Waals surface area contributed by atoms with Gasteiger partial charge in [-0.3, -0.25) is 4.98 Å².